The molecule has 0 atom stereocenters. The Hall–Kier alpha value is -1.19. The Bertz CT molecular complexity index is 585. The van der Waals surface area contributed by atoms with Crippen LogP contribution >= 0.6 is 11.3 Å². The summed E-state index contributed by atoms with van der Waals surface area (Å²) in [5.74, 6) is -0.104. The van der Waals surface area contributed by atoms with Gasteiger partial charge in [0, 0.05) is 18.0 Å². The van der Waals surface area contributed by atoms with Gasteiger partial charge in [0.25, 0.3) is 0 Å². The van der Waals surface area contributed by atoms with Gasteiger partial charge in [0.15, 0.2) is 0 Å². The van der Waals surface area contributed by atoms with Gasteiger partial charge in [-0.3, -0.25) is 0 Å². The zero-order valence-corrected chi connectivity index (χ0v) is 10.6. The van der Waals surface area contributed by atoms with Crippen LogP contribution in [0.15, 0.2) is 30.3 Å². The first-order chi connectivity index (χ1) is 8.24. The predicted octanol–water partition coefficient (Wildman–Crippen LogP) is 3.76. The van der Waals surface area contributed by atoms with Gasteiger partial charge in [0.05, 0.1) is 4.70 Å². The number of hydrogen-bond acceptors (Lipinski definition) is 2. The van der Waals surface area contributed by atoms with Crippen LogP contribution < -0.4 is 0 Å². The first-order valence-electron chi connectivity index (χ1n) is 5.80. The van der Waals surface area contributed by atoms with Crippen LogP contribution in [0, 0.1) is 5.82 Å². The number of halogens is 1. The molecule has 0 saturated heterocycles. The van der Waals surface area contributed by atoms with Gasteiger partial charge < -0.3 is 4.90 Å². The summed E-state index contributed by atoms with van der Waals surface area (Å²) < 4.78 is 14.4. The molecule has 1 aromatic carbocycles. The molecule has 2 aromatic rings. The summed E-state index contributed by atoms with van der Waals surface area (Å²) in [6, 6.07) is 7.40. The van der Waals surface area contributed by atoms with Crippen LogP contribution in [0.4, 0.5) is 4.39 Å². The van der Waals surface area contributed by atoms with Crippen molar-refractivity contribution in [3.05, 3.63) is 41.0 Å². The number of benzene rings is 1. The van der Waals surface area contributed by atoms with Gasteiger partial charge in [-0.25, -0.2) is 4.39 Å². The van der Waals surface area contributed by atoms with E-state index < -0.39 is 0 Å². The Morgan fingerprint density at radius 3 is 2.94 bits per heavy atom. The van der Waals surface area contributed by atoms with Crippen LogP contribution in [-0.2, 0) is 0 Å². The van der Waals surface area contributed by atoms with E-state index in [1.165, 1.54) is 16.5 Å². The smallest absolute Gasteiger partial charge is 0.141 e. The molecule has 0 aliphatic carbocycles. The average Bonchev–Trinajstić information content (AvgIpc) is 2.75. The summed E-state index contributed by atoms with van der Waals surface area (Å²) in [5.41, 5.74) is 1.36. The van der Waals surface area contributed by atoms with Crippen molar-refractivity contribution in [1.29, 1.82) is 0 Å². The molecule has 17 heavy (non-hydrogen) atoms. The standard InChI is InChI=1S/C14H14FNS/c1-16-7-5-10(6-8-16)13-9-11-3-2-4-12(15)14(11)17-13/h2-5,9H,6-8H2,1H3. The summed E-state index contributed by atoms with van der Waals surface area (Å²) in [4.78, 5) is 3.51. The summed E-state index contributed by atoms with van der Waals surface area (Å²) in [6.45, 7) is 2.08. The van der Waals surface area contributed by atoms with Gasteiger partial charge >= 0.3 is 0 Å². The second-order valence-corrected chi connectivity index (χ2v) is 5.56. The van der Waals surface area contributed by atoms with Gasteiger partial charge in [0.1, 0.15) is 5.82 Å². The molecule has 0 saturated carbocycles. The fourth-order valence-corrected chi connectivity index (χ4v) is 3.31. The second-order valence-electron chi connectivity index (χ2n) is 4.51. The molecular weight excluding hydrogens is 233 g/mol. The molecule has 0 unspecified atom stereocenters. The maximum absolute atomic E-state index is 13.6. The van der Waals surface area contributed by atoms with Crippen LogP contribution in [-0.4, -0.2) is 25.0 Å². The second kappa shape index (κ2) is 4.24. The third kappa shape index (κ3) is 2.01. The van der Waals surface area contributed by atoms with Gasteiger partial charge in [-0.05, 0) is 36.6 Å². The van der Waals surface area contributed by atoms with Crippen molar-refractivity contribution in [2.24, 2.45) is 0 Å². The average molecular weight is 247 g/mol. The third-order valence-corrected chi connectivity index (χ3v) is 4.46. The van der Waals surface area contributed by atoms with Crippen molar-refractivity contribution in [3.8, 4) is 0 Å². The molecule has 0 fully saturated rings. The largest absolute Gasteiger partial charge is 0.302 e. The van der Waals surface area contributed by atoms with Gasteiger partial charge in [-0.1, -0.05) is 18.2 Å². The summed E-state index contributed by atoms with van der Waals surface area (Å²) in [5, 5.41) is 1.02. The van der Waals surface area contributed by atoms with Gasteiger partial charge in [0.2, 0.25) is 0 Å². The molecule has 3 rings (SSSR count). The first-order valence-corrected chi connectivity index (χ1v) is 6.62. The topological polar surface area (TPSA) is 3.24 Å². The maximum Gasteiger partial charge on any atom is 0.141 e. The van der Waals surface area contributed by atoms with E-state index in [9.17, 15) is 4.39 Å². The molecule has 1 aliphatic rings. The number of hydrogen-bond donors (Lipinski definition) is 0. The molecular formula is C14H14FNS. The van der Waals surface area contributed by atoms with E-state index in [4.69, 9.17) is 0 Å². The lowest BCUT2D eigenvalue weighted by Gasteiger charge is -2.21. The molecule has 0 bridgehead atoms. The molecule has 0 N–H and O–H groups in total. The number of thiophene rings is 1. The lowest BCUT2D eigenvalue weighted by atomic mass is 10.1. The predicted molar refractivity (Wildman–Crippen MR) is 71.9 cm³/mol. The molecule has 1 aromatic heterocycles. The number of rotatable bonds is 1. The quantitative estimate of drug-likeness (QED) is 0.741. The van der Waals surface area contributed by atoms with Crippen molar-refractivity contribution >= 4 is 27.0 Å². The highest BCUT2D eigenvalue weighted by molar-refractivity contribution is 7.20. The minimum atomic E-state index is -0.104. The highest BCUT2D eigenvalue weighted by atomic mass is 32.1. The minimum Gasteiger partial charge on any atom is -0.302 e. The maximum atomic E-state index is 13.6. The van der Waals surface area contributed by atoms with Crippen LogP contribution in [0.3, 0.4) is 0 Å². The molecule has 3 heteroatoms. The Morgan fingerprint density at radius 2 is 2.24 bits per heavy atom. The number of nitrogens with zero attached hydrogens (tertiary/aromatic N) is 1. The fourth-order valence-electron chi connectivity index (χ4n) is 2.18. The Balaban J connectivity index is 2.04. The van der Waals surface area contributed by atoms with E-state index in [2.05, 4.69) is 24.1 Å². The zero-order chi connectivity index (χ0) is 11.8. The van der Waals surface area contributed by atoms with E-state index >= 15 is 0 Å². The SMILES string of the molecule is CN1CC=C(c2cc3cccc(F)c3s2)CC1. The summed E-state index contributed by atoms with van der Waals surface area (Å²) in [6.07, 6.45) is 3.32. The highest BCUT2D eigenvalue weighted by Crippen LogP contribution is 2.34. The van der Waals surface area contributed by atoms with Crippen LogP contribution in [0.25, 0.3) is 15.7 Å². The molecule has 1 nitrogen and oxygen atoms in total. The lowest BCUT2D eigenvalue weighted by molar-refractivity contribution is 0.370. The van der Waals surface area contributed by atoms with Crippen molar-refractivity contribution in [3.63, 3.8) is 0 Å². The van der Waals surface area contributed by atoms with Crippen molar-refractivity contribution in [2.75, 3.05) is 20.1 Å². The van der Waals surface area contributed by atoms with Gasteiger partial charge in [-0.2, -0.15) is 0 Å². The molecule has 88 valence electrons. The Labute approximate surface area is 104 Å². The first kappa shape index (κ1) is 10.9. The van der Waals surface area contributed by atoms with Crippen molar-refractivity contribution in [2.45, 2.75) is 6.42 Å². The lowest BCUT2D eigenvalue weighted by Crippen LogP contribution is -2.23. The monoisotopic (exact) mass is 247 g/mol. The molecule has 0 amide bonds. The highest BCUT2D eigenvalue weighted by Gasteiger charge is 2.13. The third-order valence-electron chi connectivity index (χ3n) is 3.22. The van der Waals surface area contributed by atoms with E-state index in [1.807, 2.05) is 6.07 Å². The van der Waals surface area contributed by atoms with Gasteiger partial charge in [-0.15, -0.1) is 11.3 Å². The normalized spacial score (nSPS) is 17.4. The van der Waals surface area contributed by atoms with E-state index in [0.29, 0.717) is 0 Å². The fraction of sp³-hybridized carbons (Fsp3) is 0.286. The van der Waals surface area contributed by atoms with Crippen LogP contribution in [0.1, 0.15) is 11.3 Å². The number of likely N-dealkylation sites (N-methyl/N-ethyl adjacent to an activating group) is 1. The Morgan fingerprint density at radius 1 is 1.35 bits per heavy atom. The van der Waals surface area contributed by atoms with E-state index in [1.54, 1.807) is 17.4 Å². The summed E-state index contributed by atoms with van der Waals surface area (Å²) in [7, 11) is 2.12. The number of fused-ring (bicyclic) bond motifs is 1. The molecule has 0 radical (unpaired) electrons. The summed E-state index contributed by atoms with van der Waals surface area (Å²) >= 11 is 1.57. The van der Waals surface area contributed by atoms with Crippen LogP contribution in [0.2, 0.25) is 0 Å². The van der Waals surface area contributed by atoms with E-state index in [0.717, 1.165) is 29.6 Å². The van der Waals surface area contributed by atoms with Crippen molar-refractivity contribution < 1.29 is 4.39 Å². The minimum absolute atomic E-state index is 0.104. The van der Waals surface area contributed by atoms with E-state index in [-0.39, 0.29) is 5.82 Å². The van der Waals surface area contributed by atoms with Crippen molar-refractivity contribution in [1.82, 2.24) is 4.90 Å². The molecule has 2 heterocycles. The van der Waals surface area contributed by atoms with Crippen LogP contribution in [0.5, 0.6) is 0 Å². The zero-order valence-electron chi connectivity index (χ0n) is 9.74. The Kier molecular flexibility index (Phi) is 2.73. The molecule has 1 aliphatic heterocycles. The molecule has 0 spiro atoms.